The highest BCUT2D eigenvalue weighted by atomic mass is 35.5. The summed E-state index contributed by atoms with van der Waals surface area (Å²) in [4.78, 5) is 3.01. The molecular formula is C12H14ClFN2S. The lowest BCUT2D eigenvalue weighted by atomic mass is 10.0. The molecule has 0 aliphatic rings. The molecule has 17 heavy (non-hydrogen) atoms. The lowest BCUT2D eigenvalue weighted by molar-refractivity contribution is 0.348. The van der Waals surface area contributed by atoms with Crippen LogP contribution in [0.4, 0.5) is 4.39 Å². The average Bonchev–Trinajstić information content (AvgIpc) is 2.55. The fourth-order valence-electron chi connectivity index (χ4n) is 1.86. The molecule has 92 valence electrons. The van der Waals surface area contributed by atoms with Gasteiger partial charge >= 0.3 is 0 Å². The van der Waals surface area contributed by atoms with Gasteiger partial charge in [-0.1, -0.05) is 18.5 Å². The van der Waals surface area contributed by atoms with E-state index in [4.69, 9.17) is 23.8 Å². The zero-order chi connectivity index (χ0) is 12.8. The average molecular weight is 273 g/mol. The Kier molecular flexibility index (Phi) is 3.04. The molecule has 0 radical (unpaired) electrons. The minimum atomic E-state index is -0.433. The van der Waals surface area contributed by atoms with E-state index < -0.39 is 5.82 Å². The van der Waals surface area contributed by atoms with Gasteiger partial charge in [-0.2, -0.15) is 0 Å². The Hall–Kier alpha value is -0.870. The quantitative estimate of drug-likeness (QED) is 0.790. The van der Waals surface area contributed by atoms with Crippen molar-refractivity contribution in [3.05, 3.63) is 27.7 Å². The molecule has 0 saturated heterocycles. The minimum Gasteiger partial charge on any atom is -0.330 e. The van der Waals surface area contributed by atoms with Gasteiger partial charge in [0.2, 0.25) is 0 Å². The summed E-state index contributed by atoms with van der Waals surface area (Å²) >= 11 is 11.1. The molecule has 0 atom stereocenters. The second-order valence-electron chi connectivity index (χ2n) is 4.72. The second-order valence-corrected chi connectivity index (χ2v) is 5.51. The summed E-state index contributed by atoms with van der Waals surface area (Å²) in [7, 11) is 0. The van der Waals surface area contributed by atoms with Crippen LogP contribution in [0.15, 0.2) is 12.1 Å². The second kappa shape index (κ2) is 4.10. The van der Waals surface area contributed by atoms with E-state index in [9.17, 15) is 4.39 Å². The van der Waals surface area contributed by atoms with E-state index >= 15 is 0 Å². The van der Waals surface area contributed by atoms with Crippen molar-refractivity contribution in [3.8, 4) is 0 Å². The van der Waals surface area contributed by atoms with Gasteiger partial charge in [0.1, 0.15) is 5.82 Å². The SMILES string of the molecule is CCC(C)(C)n1c(=S)[nH]c2cc(F)c(Cl)cc21. The van der Waals surface area contributed by atoms with E-state index in [1.54, 1.807) is 6.07 Å². The number of nitrogens with zero attached hydrogens (tertiary/aromatic N) is 1. The highest BCUT2D eigenvalue weighted by molar-refractivity contribution is 7.71. The van der Waals surface area contributed by atoms with Crippen molar-refractivity contribution in [2.24, 2.45) is 0 Å². The largest absolute Gasteiger partial charge is 0.330 e. The summed E-state index contributed by atoms with van der Waals surface area (Å²) in [6.45, 7) is 6.27. The molecule has 0 amide bonds. The lowest BCUT2D eigenvalue weighted by Gasteiger charge is -2.25. The fraction of sp³-hybridized carbons (Fsp3) is 0.417. The molecule has 2 aromatic rings. The number of imidazole rings is 1. The van der Waals surface area contributed by atoms with Crippen LogP contribution in [0, 0.1) is 10.6 Å². The Bertz CT molecular complexity index is 627. The van der Waals surface area contributed by atoms with Crippen LogP contribution in [0.2, 0.25) is 5.02 Å². The van der Waals surface area contributed by atoms with Crippen molar-refractivity contribution in [3.63, 3.8) is 0 Å². The Morgan fingerprint density at radius 2 is 2.12 bits per heavy atom. The normalized spacial score (nSPS) is 12.3. The number of aromatic nitrogens is 2. The molecule has 1 heterocycles. The predicted molar refractivity (Wildman–Crippen MR) is 71.7 cm³/mol. The van der Waals surface area contributed by atoms with Gasteiger partial charge in [-0.3, -0.25) is 0 Å². The Morgan fingerprint density at radius 1 is 1.47 bits per heavy atom. The summed E-state index contributed by atoms with van der Waals surface area (Å²) in [5.41, 5.74) is 1.39. The molecule has 0 saturated carbocycles. The van der Waals surface area contributed by atoms with Crippen LogP contribution in [-0.4, -0.2) is 9.55 Å². The zero-order valence-electron chi connectivity index (χ0n) is 9.97. The maximum atomic E-state index is 13.4. The molecule has 0 aliphatic heterocycles. The zero-order valence-corrected chi connectivity index (χ0v) is 11.5. The molecule has 2 rings (SSSR count). The van der Waals surface area contributed by atoms with E-state index in [0.717, 1.165) is 11.9 Å². The number of hydrogen-bond donors (Lipinski definition) is 1. The molecule has 0 bridgehead atoms. The third-order valence-corrected chi connectivity index (χ3v) is 3.77. The number of benzene rings is 1. The third-order valence-electron chi connectivity index (χ3n) is 3.19. The molecule has 1 aromatic carbocycles. The molecule has 1 aromatic heterocycles. The number of H-pyrrole nitrogens is 1. The van der Waals surface area contributed by atoms with Gasteiger partial charge in [0.15, 0.2) is 4.77 Å². The molecular weight excluding hydrogens is 259 g/mol. The number of rotatable bonds is 2. The first-order valence-corrected chi connectivity index (χ1v) is 6.25. The highest BCUT2D eigenvalue weighted by Crippen LogP contribution is 2.29. The Balaban J connectivity index is 2.85. The van der Waals surface area contributed by atoms with Gasteiger partial charge in [-0.25, -0.2) is 4.39 Å². The van der Waals surface area contributed by atoms with E-state index in [1.165, 1.54) is 6.07 Å². The number of hydrogen-bond acceptors (Lipinski definition) is 1. The third kappa shape index (κ3) is 2.00. The molecule has 0 unspecified atom stereocenters. The van der Waals surface area contributed by atoms with E-state index in [2.05, 4.69) is 25.8 Å². The number of nitrogens with one attached hydrogen (secondary N) is 1. The van der Waals surface area contributed by atoms with Crippen molar-refractivity contribution >= 4 is 34.9 Å². The van der Waals surface area contributed by atoms with Crippen molar-refractivity contribution in [2.45, 2.75) is 32.7 Å². The maximum Gasteiger partial charge on any atom is 0.178 e. The molecule has 1 N–H and O–H groups in total. The minimum absolute atomic E-state index is 0.118. The van der Waals surface area contributed by atoms with Gasteiger partial charge in [-0.15, -0.1) is 0 Å². The van der Waals surface area contributed by atoms with E-state index in [-0.39, 0.29) is 10.6 Å². The topological polar surface area (TPSA) is 20.7 Å². The van der Waals surface area contributed by atoms with Gasteiger partial charge < -0.3 is 9.55 Å². The smallest absolute Gasteiger partial charge is 0.178 e. The van der Waals surface area contributed by atoms with Crippen LogP contribution in [0.1, 0.15) is 27.2 Å². The predicted octanol–water partition coefficient (Wildman–Crippen LogP) is 4.64. The Labute approximate surface area is 109 Å². The first kappa shape index (κ1) is 12.6. The van der Waals surface area contributed by atoms with Crippen LogP contribution < -0.4 is 0 Å². The van der Waals surface area contributed by atoms with Crippen molar-refractivity contribution in [1.29, 1.82) is 0 Å². The van der Waals surface area contributed by atoms with Crippen molar-refractivity contribution in [2.75, 3.05) is 0 Å². The maximum absolute atomic E-state index is 13.4. The number of halogens is 2. The van der Waals surface area contributed by atoms with Gasteiger partial charge in [0.25, 0.3) is 0 Å². The molecule has 0 spiro atoms. The van der Waals surface area contributed by atoms with E-state index in [0.29, 0.717) is 10.3 Å². The molecule has 0 fully saturated rings. The van der Waals surface area contributed by atoms with Crippen LogP contribution >= 0.6 is 23.8 Å². The molecule has 0 aliphatic carbocycles. The standard InChI is InChI=1S/C12H14ClFN2S/c1-4-12(2,3)16-10-5-7(13)8(14)6-9(10)15-11(16)17/h5-6H,4H2,1-3H3,(H,15,17). The van der Waals surface area contributed by atoms with Crippen LogP contribution in [0.5, 0.6) is 0 Å². The van der Waals surface area contributed by atoms with Crippen LogP contribution in [0.25, 0.3) is 11.0 Å². The fourth-order valence-corrected chi connectivity index (χ4v) is 2.47. The number of fused-ring (bicyclic) bond motifs is 1. The molecule has 2 nitrogen and oxygen atoms in total. The van der Waals surface area contributed by atoms with Crippen molar-refractivity contribution in [1.82, 2.24) is 9.55 Å². The summed E-state index contributed by atoms with van der Waals surface area (Å²) in [6, 6.07) is 3.01. The summed E-state index contributed by atoms with van der Waals surface area (Å²) < 4.78 is 16.0. The van der Waals surface area contributed by atoms with Crippen LogP contribution in [0.3, 0.4) is 0 Å². The van der Waals surface area contributed by atoms with Crippen LogP contribution in [-0.2, 0) is 5.54 Å². The first-order valence-electron chi connectivity index (χ1n) is 5.47. The first-order chi connectivity index (χ1) is 7.86. The lowest BCUT2D eigenvalue weighted by Crippen LogP contribution is -2.25. The summed E-state index contributed by atoms with van der Waals surface area (Å²) in [6.07, 6.45) is 0.920. The van der Waals surface area contributed by atoms with Gasteiger partial charge in [-0.05, 0) is 38.6 Å². The highest BCUT2D eigenvalue weighted by Gasteiger charge is 2.22. The Morgan fingerprint density at radius 3 is 2.71 bits per heavy atom. The summed E-state index contributed by atoms with van der Waals surface area (Å²) in [5, 5.41) is 0.118. The molecule has 5 heteroatoms. The number of aromatic amines is 1. The summed E-state index contributed by atoms with van der Waals surface area (Å²) in [5.74, 6) is -0.433. The monoisotopic (exact) mass is 272 g/mol. The van der Waals surface area contributed by atoms with Crippen molar-refractivity contribution < 1.29 is 4.39 Å². The van der Waals surface area contributed by atoms with Gasteiger partial charge in [0.05, 0.1) is 16.1 Å². The van der Waals surface area contributed by atoms with Gasteiger partial charge in [0, 0.05) is 11.6 Å². The van der Waals surface area contributed by atoms with E-state index in [1.807, 2.05) is 4.57 Å².